The smallest absolute Gasteiger partial charge is 0.317 e. The van der Waals surface area contributed by atoms with Crippen molar-refractivity contribution in [1.82, 2.24) is 0 Å². The van der Waals surface area contributed by atoms with E-state index in [9.17, 15) is 39.5 Å². The van der Waals surface area contributed by atoms with E-state index >= 15 is 0 Å². The van der Waals surface area contributed by atoms with Crippen LogP contribution in [0.3, 0.4) is 0 Å². The van der Waals surface area contributed by atoms with Crippen molar-refractivity contribution in [3.63, 3.8) is 0 Å². The van der Waals surface area contributed by atoms with Gasteiger partial charge in [0.15, 0.2) is 6.17 Å². The van der Waals surface area contributed by atoms with Crippen molar-refractivity contribution in [1.29, 1.82) is 0 Å². The molecule has 0 aliphatic heterocycles. The van der Waals surface area contributed by atoms with Crippen LogP contribution in [-0.4, -0.2) is 55.4 Å². The summed E-state index contributed by atoms with van der Waals surface area (Å²) in [4.78, 5) is 0. The molecule has 0 bridgehead atoms. The minimum atomic E-state index is -4.36. The highest BCUT2D eigenvalue weighted by Crippen LogP contribution is 2.49. The van der Waals surface area contributed by atoms with Crippen LogP contribution in [0.15, 0.2) is 0 Å². The fourth-order valence-electron chi connectivity index (χ4n) is 5.07. The summed E-state index contributed by atoms with van der Waals surface area (Å²) in [6, 6.07) is 0. The second kappa shape index (κ2) is 8.83. The average molecular weight is 440 g/mol. The quantitative estimate of drug-likeness (QED) is 0.491. The number of rotatable bonds is 4. The van der Waals surface area contributed by atoms with Crippen LogP contribution in [0.2, 0.25) is 0 Å². The highest BCUT2D eigenvalue weighted by Gasteiger charge is 2.57. The van der Waals surface area contributed by atoms with E-state index in [2.05, 4.69) is 4.74 Å². The molecule has 0 amide bonds. The number of halogens is 9. The molecule has 7 atom stereocenters. The summed E-state index contributed by atoms with van der Waals surface area (Å²) in [5, 5.41) is 0. The first-order valence-corrected chi connectivity index (χ1v) is 10.0. The Bertz CT molecular complexity index is 526. The molecule has 3 fully saturated rings. The SMILES string of the molecule is FC1CCC(C2CC(F)C(C(F)(F)OC3CC(F)C(F)C(F)C3)C(F)C2)C(F)C1. The minimum absolute atomic E-state index is 0.0598. The Morgan fingerprint density at radius 3 is 1.69 bits per heavy atom. The van der Waals surface area contributed by atoms with Gasteiger partial charge in [0, 0.05) is 19.3 Å². The molecule has 3 rings (SSSR count). The third-order valence-corrected chi connectivity index (χ3v) is 6.58. The average Bonchev–Trinajstić information content (AvgIpc) is 2.58. The Kier molecular flexibility index (Phi) is 7.00. The largest absolute Gasteiger partial charge is 0.364 e. The molecule has 7 unspecified atom stereocenters. The first kappa shape index (κ1) is 23.0. The third kappa shape index (κ3) is 4.98. The van der Waals surface area contributed by atoms with Gasteiger partial charge in [-0.05, 0) is 37.5 Å². The van der Waals surface area contributed by atoms with Crippen LogP contribution in [0.1, 0.15) is 44.9 Å². The molecule has 0 saturated heterocycles. The second-order valence-electron chi connectivity index (χ2n) is 8.63. The van der Waals surface area contributed by atoms with Crippen molar-refractivity contribution in [2.24, 2.45) is 17.8 Å². The molecule has 0 aromatic carbocycles. The van der Waals surface area contributed by atoms with Crippen LogP contribution in [0.4, 0.5) is 39.5 Å². The molecule has 0 N–H and O–H groups in total. The first-order chi connectivity index (χ1) is 13.5. The predicted octanol–water partition coefficient (Wildman–Crippen LogP) is 5.95. The van der Waals surface area contributed by atoms with Crippen molar-refractivity contribution in [3.05, 3.63) is 0 Å². The van der Waals surface area contributed by atoms with Gasteiger partial charge in [-0.3, -0.25) is 0 Å². The summed E-state index contributed by atoms with van der Waals surface area (Å²) in [6.45, 7) is 0. The van der Waals surface area contributed by atoms with Crippen LogP contribution < -0.4 is 0 Å². The van der Waals surface area contributed by atoms with E-state index in [0.717, 1.165) is 0 Å². The summed E-state index contributed by atoms with van der Waals surface area (Å²) in [5.74, 6) is -4.15. The summed E-state index contributed by atoms with van der Waals surface area (Å²) >= 11 is 0. The molecule has 29 heavy (non-hydrogen) atoms. The van der Waals surface area contributed by atoms with Gasteiger partial charge in [-0.25, -0.2) is 30.7 Å². The standard InChI is InChI=1S/C19H25F9O/c20-9-1-2-11(12(21)5-9)8-3-13(22)17(14(23)4-8)19(27,28)29-10-6-15(24)18(26)16(25)7-10/h8-18H,1-7H2. The van der Waals surface area contributed by atoms with E-state index in [0.29, 0.717) is 0 Å². The molecular weight excluding hydrogens is 415 g/mol. The van der Waals surface area contributed by atoms with Gasteiger partial charge in [0.1, 0.15) is 42.9 Å². The van der Waals surface area contributed by atoms with Gasteiger partial charge < -0.3 is 4.74 Å². The maximum Gasteiger partial charge on any atom is 0.364 e. The highest BCUT2D eigenvalue weighted by atomic mass is 19.3. The molecule has 0 aromatic rings. The lowest BCUT2D eigenvalue weighted by Crippen LogP contribution is -2.52. The zero-order chi connectivity index (χ0) is 21.5. The molecule has 3 aliphatic carbocycles. The first-order valence-electron chi connectivity index (χ1n) is 10.0. The molecule has 0 heterocycles. The van der Waals surface area contributed by atoms with Gasteiger partial charge in [-0.2, -0.15) is 8.78 Å². The number of alkyl halides is 9. The lowest BCUT2D eigenvalue weighted by molar-refractivity contribution is -0.323. The van der Waals surface area contributed by atoms with Gasteiger partial charge in [-0.1, -0.05) is 0 Å². The zero-order valence-electron chi connectivity index (χ0n) is 15.6. The Morgan fingerprint density at radius 1 is 0.621 bits per heavy atom. The summed E-state index contributed by atoms with van der Waals surface area (Å²) in [6.07, 6.45) is -23.8. The maximum atomic E-state index is 14.6. The van der Waals surface area contributed by atoms with Crippen LogP contribution >= 0.6 is 0 Å². The van der Waals surface area contributed by atoms with E-state index in [1.165, 1.54) is 0 Å². The van der Waals surface area contributed by atoms with E-state index < -0.39 is 98.9 Å². The van der Waals surface area contributed by atoms with Crippen LogP contribution in [0, 0.1) is 17.8 Å². The maximum absolute atomic E-state index is 14.6. The molecule has 3 aliphatic rings. The molecule has 1 nitrogen and oxygen atoms in total. The van der Waals surface area contributed by atoms with Crippen LogP contribution in [-0.2, 0) is 4.74 Å². The highest BCUT2D eigenvalue weighted by molar-refractivity contribution is 4.97. The van der Waals surface area contributed by atoms with Crippen molar-refractivity contribution in [3.8, 4) is 0 Å². The van der Waals surface area contributed by atoms with E-state index in [4.69, 9.17) is 0 Å². The topological polar surface area (TPSA) is 9.23 Å². The third-order valence-electron chi connectivity index (χ3n) is 6.58. The van der Waals surface area contributed by atoms with Gasteiger partial charge in [0.2, 0.25) is 0 Å². The predicted molar refractivity (Wildman–Crippen MR) is 86.9 cm³/mol. The van der Waals surface area contributed by atoms with Gasteiger partial charge in [0.05, 0.1) is 6.10 Å². The van der Waals surface area contributed by atoms with E-state index in [1.54, 1.807) is 0 Å². The monoisotopic (exact) mass is 440 g/mol. The summed E-state index contributed by atoms with van der Waals surface area (Å²) in [5.41, 5.74) is 0. The Morgan fingerprint density at radius 2 is 1.17 bits per heavy atom. The molecule has 10 heteroatoms. The zero-order valence-corrected chi connectivity index (χ0v) is 15.6. The van der Waals surface area contributed by atoms with Gasteiger partial charge >= 0.3 is 6.11 Å². The Hall–Kier alpha value is -0.670. The molecule has 0 spiro atoms. The number of hydrogen-bond donors (Lipinski definition) is 0. The summed E-state index contributed by atoms with van der Waals surface area (Å²) < 4.78 is 130. The van der Waals surface area contributed by atoms with Crippen LogP contribution in [0.25, 0.3) is 0 Å². The molecular formula is C19H25F9O. The summed E-state index contributed by atoms with van der Waals surface area (Å²) in [7, 11) is 0. The molecule has 0 radical (unpaired) electrons. The normalized spacial score (nSPS) is 49.8. The van der Waals surface area contributed by atoms with E-state index in [1.807, 2.05) is 0 Å². The van der Waals surface area contributed by atoms with Crippen molar-refractivity contribution in [2.45, 2.75) is 100 Å². The van der Waals surface area contributed by atoms with Gasteiger partial charge in [-0.15, -0.1) is 0 Å². The lowest BCUT2D eigenvalue weighted by atomic mass is 9.68. The second-order valence-corrected chi connectivity index (χ2v) is 8.63. The fourth-order valence-corrected chi connectivity index (χ4v) is 5.07. The Balaban J connectivity index is 1.63. The van der Waals surface area contributed by atoms with Crippen molar-refractivity contribution in [2.75, 3.05) is 0 Å². The molecule has 170 valence electrons. The van der Waals surface area contributed by atoms with Crippen LogP contribution in [0.5, 0.6) is 0 Å². The van der Waals surface area contributed by atoms with Crippen molar-refractivity contribution >= 4 is 0 Å². The van der Waals surface area contributed by atoms with E-state index in [-0.39, 0.29) is 19.3 Å². The number of ether oxygens (including phenoxy) is 1. The number of hydrogen-bond acceptors (Lipinski definition) is 1. The molecule has 3 saturated carbocycles. The van der Waals surface area contributed by atoms with Crippen molar-refractivity contribution < 1.29 is 44.3 Å². The fraction of sp³-hybridized carbons (Fsp3) is 1.00. The molecule has 0 aromatic heterocycles. The van der Waals surface area contributed by atoms with Gasteiger partial charge in [0.25, 0.3) is 0 Å². The lowest BCUT2D eigenvalue weighted by Gasteiger charge is -2.43. The Labute approximate surface area is 163 Å². The minimum Gasteiger partial charge on any atom is -0.317 e.